The van der Waals surface area contributed by atoms with Gasteiger partial charge < -0.3 is 23.8 Å². The Morgan fingerprint density at radius 1 is 0.731 bits per heavy atom. The molecule has 1 fully saturated rings. The van der Waals surface area contributed by atoms with Gasteiger partial charge in [0.05, 0.1) is 31.4 Å². The molecule has 0 saturated heterocycles. The van der Waals surface area contributed by atoms with E-state index in [4.69, 9.17) is 18.9 Å². The molecule has 1 heterocycles. The maximum atomic E-state index is 15.5. The second kappa shape index (κ2) is 15.2. The van der Waals surface area contributed by atoms with Gasteiger partial charge in [-0.25, -0.2) is 0 Å². The Balaban J connectivity index is 1.58. The monoisotopic (exact) mass is 703 g/mol. The molecule has 1 aliphatic heterocycles. The number of benzene rings is 4. The standard InChI is InChI=1S/C42H41NO9/c1-4-50-37(45)36-41(39(47)51-26-30-18-10-6-11-19-30,40(48)52-27-31-20-12-7-13-21-31)24-32(23-34(44)49-3)42(36)33-22-14-15-28(2)35(33)43(38(42)46)25-29-16-8-5-9-17-29/h5-22,32,36H,4,23-27H2,1-3H3/t32-,36+,42-/m0/s1. The zero-order valence-electron chi connectivity index (χ0n) is 29.4. The summed E-state index contributed by atoms with van der Waals surface area (Å²) in [5, 5.41) is 0. The highest BCUT2D eigenvalue weighted by Crippen LogP contribution is 2.66. The molecule has 1 spiro atoms. The van der Waals surface area contributed by atoms with Gasteiger partial charge in [-0.05, 0) is 54.0 Å². The van der Waals surface area contributed by atoms with Crippen molar-refractivity contribution in [3.05, 3.63) is 137 Å². The lowest BCUT2D eigenvalue weighted by atomic mass is 9.63. The lowest BCUT2D eigenvalue weighted by Crippen LogP contribution is -2.56. The highest BCUT2D eigenvalue weighted by Gasteiger charge is 2.78. The van der Waals surface area contributed by atoms with Crippen LogP contribution in [0.3, 0.4) is 0 Å². The van der Waals surface area contributed by atoms with E-state index in [-0.39, 0.29) is 32.8 Å². The Bertz CT molecular complexity index is 1890. The molecule has 2 aliphatic rings. The van der Waals surface area contributed by atoms with Crippen LogP contribution in [0.4, 0.5) is 5.69 Å². The lowest BCUT2D eigenvalue weighted by Gasteiger charge is -2.37. The summed E-state index contributed by atoms with van der Waals surface area (Å²) in [7, 11) is 1.22. The maximum Gasteiger partial charge on any atom is 0.324 e. The maximum absolute atomic E-state index is 15.5. The molecule has 52 heavy (non-hydrogen) atoms. The van der Waals surface area contributed by atoms with Crippen molar-refractivity contribution in [2.45, 2.75) is 51.9 Å². The van der Waals surface area contributed by atoms with E-state index < -0.39 is 58.9 Å². The zero-order valence-corrected chi connectivity index (χ0v) is 29.4. The van der Waals surface area contributed by atoms with Crippen LogP contribution < -0.4 is 4.90 Å². The number of hydrogen-bond acceptors (Lipinski definition) is 9. The number of para-hydroxylation sites is 1. The molecule has 10 nitrogen and oxygen atoms in total. The van der Waals surface area contributed by atoms with Gasteiger partial charge >= 0.3 is 23.9 Å². The number of fused-ring (bicyclic) bond motifs is 2. The second-order valence-electron chi connectivity index (χ2n) is 13.2. The molecule has 1 amide bonds. The molecule has 0 radical (unpaired) electrons. The number of rotatable bonds is 12. The summed E-state index contributed by atoms with van der Waals surface area (Å²) in [6.45, 7) is 3.03. The van der Waals surface area contributed by atoms with E-state index in [1.807, 2.05) is 55.5 Å². The summed E-state index contributed by atoms with van der Waals surface area (Å²) in [6, 6.07) is 32.5. The average molecular weight is 704 g/mol. The van der Waals surface area contributed by atoms with Crippen molar-refractivity contribution in [1.29, 1.82) is 0 Å². The van der Waals surface area contributed by atoms with E-state index in [1.54, 1.807) is 72.5 Å². The Morgan fingerprint density at radius 3 is 1.79 bits per heavy atom. The number of carbonyl (C=O) groups is 5. The average Bonchev–Trinajstić information content (AvgIpc) is 3.61. The molecule has 1 aliphatic carbocycles. The number of nitrogens with zero attached hydrogens (tertiary/aromatic N) is 1. The topological polar surface area (TPSA) is 126 Å². The van der Waals surface area contributed by atoms with E-state index in [0.717, 1.165) is 11.1 Å². The van der Waals surface area contributed by atoms with Crippen LogP contribution in [0.25, 0.3) is 0 Å². The van der Waals surface area contributed by atoms with Gasteiger partial charge in [0.25, 0.3) is 0 Å². The van der Waals surface area contributed by atoms with Gasteiger partial charge in [0.1, 0.15) is 19.1 Å². The first-order chi connectivity index (χ1) is 25.2. The molecule has 0 aromatic heterocycles. The predicted molar refractivity (Wildman–Crippen MR) is 190 cm³/mol. The van der Waals surface area contributed by atoms with Crippen LogP contribution in [0, 0.1) is 24.2 Å². The number of methoxy groups -OCH3 is 1. The number of carbonyl (C=O) groups excluding carboxylic acids is 5. The summed E-state index contributed by atoms with van der Waals surface area (Å²) in [4.78, 5) is 74.7. The van der Waals surface area contributed by atoms with Gasteiger partial charge in [-0.1, -0.05) is 109 Å². The van der Waals surface area contributed by atoms with Crippen LogP contribution in [-0.4, -0.2) is 43.5 Å². The molecule has 4 aromatic rings. The smallest absolute Gasteiger partial charge is 0.324 e. The Morgan fingerprint density at radius 2 is 1.27 bits per heavy atom. The number of amides is 1. The molecule has 0 N–H and O–H groups in total. The highest BCUT2D eigenvalue weighted by molar-refractivity contribution is 6.16. The number of aryl methyl sites for hydroxylation is 1. The van der Waals surface area contributed by atoms with E-state index in [0.29, 0.717) is 22.4 Å². The van der Waals surface area contributed by atoms with Crippen LogP contribution in [0.5, 0.6) is 0 Å². The Labute approximate surface area is 302 Å². The van der Waals surface area contributed by atoms with Gasteiger partial charge in [0, 0.05) is 6.42 Å². The fourth-order valence-electron chi connectivity index (χ4n) is 7.99. The third-order valence-corrected chi connectivity index (χ3v) is 10.2. The second-order valence-corrected chi connectivity index (χ2v) is 13.2. The van der Waals surface area contributed by atoms with Crippen LogP contribution in [0.1, 0.15) is 47.6 Å². The lowest BCUT2D eigenvalue weighted by molar-refractivity contribution is -0.185. The first kappa shape index (κ1) is 36.0. The Kier molecular flexibility index (Phi) is 10.6. The first-order valence-electron chi connectivity index (χ1n) is 17.3. The molecular formula is C42H41NO9. The van der Waals surface area contributed by atoms with Crippen LogP contribution in [0.2, 0.25) is 0 Å². The fraction of sp³-hybridized carbons (Fsp3) is 0.310. The number of anilines is 1. The van der Waals surface area contributed by atoms with Gasteiger partial charge in [0.15, 0.2) is 5.41 Å². The minimum Gasteiger partial charge on any atom is -0.469 e. The molecule has 1 saturated carbocycles. The SMILES string of the molecule is CCOC(=O)[C@@H]1C(C(=O)OCc2ccccc2)(C(=O)OCc2ccccc2)C[C@H](CC(=O)OC)[C@@]12C(=O)N(Cc1ccccc1)c1c(C)cccc12. The van der Waals surface area contributed by atoms with E-state index in [2.05, 4.69) is 0 Å². The van der Waals surface area contributed by atoms with Crippen molar-refractivity contribution in [1.82, 2.24) is 0 Å². The van der Waals surface area contributed by atoms with Crippen LogP contribution >= 0.6 is 0 Å². The summed E-state index contributed by atoms with van der Waals surface area (Å²) in [5.41, 5.74) is -0.547. The van der Waals surface area contributed by atoms with Crippen molar-refractivity contribution < 1.29 is 42.9 Å². The van der Waals surface area contributed by atoms with Crippen molar-refractivity contribution in [2.75, 3.05) is 18.6 Å². The van der Waals surface area contributed by atoms with Gasteiger partial charge in [-0.3, -0.25) is 24.0 Å². The number of hydrogen-bond donors (Lipinski definition) is 0. The third-order valence-electron chi connectivity index (χ3n) is 10.2. The van der Waals surface area contributed by atoms with Crippen molar-refractivity contribution in [3.8, 4) is 0 Å². The number of esters is 4. The first-order valence-corrected chi connectivity index (χ1v) is 17.3. The molecule has 0 bridgehead atoms. The van der Waals surface area contributed by atoms with Crippen molar-refractivity contribution in [3.63, 3.8) is 0 Å². The van der Waals surface area contributed by atoms with Gasteiger partial charge in [-0.2, -0.15) is 0 Å². The van der Waals surface area contributed by atoms with Crippen LogP contribution in [-0.2, 0) is 68.1 Å². The fourth-order valence-corrected chi connectivity index (χ4v) is 7.99. The van der Waals surface area contributed by atoms with Gasteiger partial charge in [-0.15, -0.1) is 0 Å². The van der Waals surface area contributed by atoms with E-state index in [9.17, 15) is 19.2 Å². The van der Waals surface area contributed by atoms with Crippen molar-refractivity contribution >= 4 is 35.5 Å². The zero-order chi connectivity index (χ0) is 36.9. The Hall–Kier alpha value is -5.77. The molecule has 4 aromatic carbocycles. The largest absolute Gasteiger partial charge is 0.469 e. The number of ether oxygens (including phenoxy) is 4. The molecule has 268 valence electrons. The normalized spacial score (nSPS) is 19.9. The summed E-state index contributed by atoms with van der Waals surface area (Å²) >= 11 is 0. The van der Waals surface area contributed by atoms with Gasteiger partial charge in [0.2, 0.25) is 5.91 Å². The minimum atomic E-state index is -2.39. The summed E-state index contributed by atoms with van der Waals surface area (Å²) in [6.07, 6.45) is -0.810. The summed E-state index contributed by atoms with van der Waals surface area (Å²) < 4.78 is 22.6. The van der Waals surface area contributed by atoms with E-state index >= 15 is 4.79 Å². The van der Waals surface area contributed by atoms with E-state index in [1.165, 1.54) is 7.11 Å². The van der Waals surface area contributed by atoms with Crippen molar-refractivity contribution in [2.24, 2.45) is 17.3 Å². The minimum absolute atomic E-state index is 0.107. The summed E-state index contributed by atoms with van der Waals surface area (Å²) in [5.74, 6) is -7.13. The molecule has 6 rings (SSSR count). The predicted octanol–water partition coefficient (Wildman–Crippen LogP) is 6.02. The van der Waals surface area contributed by atoms with Crippen LogP contribution in [0.15, 0.2) is 109 Å². The highest BCUT2D eigenvalue weighted by atomic mass is 16.6. The molecule has 0 unspecified atom stereocenters. The molecular weight excluding hydrogens is 662 g/mol. The third kappa shape index (κ3) is 6.33. The molecule has 3 atom stereocenters. The molecule has 10 heteroatoms. The quantitative estimate of drug-likeness (QED) is 0.0990.